The number of thioether (sulfide) groups is 2. The van der Waals surface area contributed by atoms with Crippen molar-refractivity contribution in [1.29, 1.82) is 0 Å². The van der Waals surface area contributed by atoms with Crippen LogP contribution in [-0.4, -0.2) is 87.9 Å². The molecule has 2 aromatic rings. The Morgan fingerprint density at radius 3 is 1.95 bits per heavy atom. The van der Waals surface area contributed by atoms with E-state index in [-0.39, 0.29) is 17.9 Å². The molecule has 14 heteroatoms. The van der Waals surface area contributed by atoms with E-state index in [1.165, 1.54) is 0 Å². The maximum atomic E-state index is 12.5. The van der Waals surface area contributed by atoms with E-state index >= 15 is 0 Å². The van der Waals surface area contributed by atoms with E-state index in [2.05, 4.69) is 37.5 Å². The average Bonchev–Trinajstić information content (AvgIpc) is 2.98. The van der Waals surface area contributed by atoms with Crippen LogP contribution >= 0.6 is 48.0 Å². The third-order valence-electron chi connectivity index (χ3n) is 6.58. The highest BCUT2D eigenvalue weighted by Gasteiger charge is 2.27. The molecule has 1 atom stereocenters. The number of rotatable bonds is 12. The fraction of sp³-hybridized carbons (Fsp3) is 0.462. The molecule has 10 nitrogen and oxygen atoms in total. The summed E-state index contributed by atoms with van der Waals surface area (Å²) in [6.45, 7) is 4.21. The van der Waals surface area contributed by atoms with Crippen molar-refractivity contribution in [3.05, 3.63) is 60.2 Å². The second-order valence-electron chi connectivity index (χ2n) is 9.58. The molecule has 0 radical (unpaired) electrons. The van der Waals surface area contributed by atoms with Gasteiger partial charge in [-0.05, 0) is 44.0 Å². The number of hydrazine groups is 2. The topological polar surface area (TPSA) is 96.9 Å². The summed E-state index contributed by atoms with van der Waals surface area (Å²) >= 11 is 14.3. The molecular weight excluding hydrogens is 585 g/mol. The first-order valence-electron chi connectivity index (χ1n) is 13.2. The first kappa shape index (κ1) is 30.6. The van der Waals surface area contributed by atoms with Gasteiger partial charge in [-0.15, -0.1) is 0 Å². The first-order chi connectivity index (χ1) is 19.4. The van der Waals surface area contributed by atoms with Crippen molar-refractivity contribution in [2.24, 2.45) is 0 Å². The number of hydrogen-bond donors (Lipinski definition) is 2. The molecule has 2 amide bonds. The number of nitrogens with one attached hydrogen (secondary N) is 2. The molecule has 2 fully saturated rings. The SMILES string of the molecule is CC(CCCCCCN1CN(NC(=O)c2ccncc2)CSC1=S)N1CN(NC(=O)c2ccncc2)CSC1=S. The molecule has 0 saturated carbocycles. The highest BCUT2D eigenvalue weighted by molar-refractivity contribution is 8.23. The molecule has 4 rings (SSSR count). The molecule has 214 valence electrons. The molecule has 0 aliphatic carbocycles. The zero-order valence-corrected chi connectivity index (χ0v) is 25.7. The van der Waals surface area contributed by atoms with Gasteiger partial charge in [0.05, 0.1) is 25.1 Å². The minimum Gasteiger partial charge on any atom is -0.343 e. The van der Waals surface area contributed by atoms with Gasteiger partial charge in [-0.3, -0.25) is 30.4 Å². The summed E-state index contributed by atoms with van der Waals surface area (Å²) in [5, 5.41) is 3.80. The van der Waals surface area contributed by atoms with Gasteiger partial charge in [-0.1, -0.05) is 67.2 Å². The predicted octanol–water partition coefficient (Wildman–Crippen LogP) is 3.91. The monoisotopic (exact) mass is 618 g/mol. The molecule has 2 aromatic heterocycles. The lowest BCUT2D eigenvalue weighted by Gasteiger charge is -2.40. The quantitative estimate of drug-likeness (QED) is 0.267. The lowest BCUT2D eigenvalue weighted by atomic mass is 10.1. The van der Waals surface area contributed by atoms with Crippen LogP contribution < -0.4 is 10.9 Å². The van der Waals surface area contributed by atoms with Crippen LogP contribution in [0.3, 0.4) is 0 Å². The number of unbranched alkanes of at least 4 members (excludes halogenated alkanes) is 3. The third-order valence-corrected chi connectivity index (χ3v) is 9.65. The van der Waals surface area contributed by atoms with Crippen LogP contribution in [0.1, 0.15) is 59.7 Å². The van der Waals surface area contributed by atoms with Crippen molar-refractivity contribution >= 4 is 68.4 Å². The number of pyridine rings is 2. The van der Waals surface area contributed by atoms with Crippen molar-refractivity contribution in [1.82, 2.24) is 40.6 Å². The van der Waals surface area contributed by atoms with E-state index < -0.39 is 0 Å². The van der Waals surface area contributed by atoms with Gasteiger partial charge in [0.2, 0.25) is 0 Å². The minimum absolute atomic E-state index is 0.143. The van der Waals surface area contributed by atoms with E-state index in [0.29, 0.717) is 36.2 Å². The molecule has 0 bridgehead atoms. The van der Waals surface area contributed by atoms with Crippen molar-refractivity contribution in [3.8, 4) is 0 Å². The normalized spacial score (nSPS) is 17.5. The average molecular weight is 619 g/mol. The number of carbonyl (C=O) groups is 2. The largest absolute Gasteiger partial charge is 0.343 e. The second-order valence-corrected chi connectivity index (χ2v) is 12.7. The number of nitrogens with zero attached hydrogens (tertiary/aromatic N) is 6. The Labute approximate surface area is 254 Å². The van der Waals surface area contributed by atoms with Crippen LogP contribution in [0.25, 0.3) is 0 Å². The van der Waals surface area contributed by atoms with Gasteiger partial charge in [0.15, 0.2) is 0 Å². The highest BCUT2D eigenvalue weighted by atomic mass is 32.2. The fourth-order valence-corrected chi connectivity index (χ4v) is 6.58. The van der Waals surface area contributed by atoms with Crippen molar-refractivity contribution in [2.45, 2.75) is 45.1 Å². The van der Waals surface area contributed by atoms with Gasteiger partial charge in [0.25, 0.3) is 11.8 Å². The van der Waals surface area contributed by atoms with Crippen LogP contribution in [0.4, 0.5) is 0 Å². The summed E-state index contributed by atoms with van der Waals surface area (Å²) < 4.78 is 1.75. The van der Waals surface area contributed by atoms with E-state index in [1.54, 1.807) is 72.6 Å². The summed E-state index contributed by atoms with van der Waals surface area (Å²) in [4.78, 5) is 37.3. The summed E-state index contributed by atoms with van der Waals surface area (Å²) in [7, 11) is 0. The van der Waals surface area contributed by atoms with Gasteiger partial charge >= 0.3 is 0 Å². The second kappa shape index (κ2) is 15.6. The van der Waals surface area contributed by atoms with Gasteiger partial charge in [0.1, 0.15) is 8.64 Å². The fourth-order valence-electron chi connectivity index (χ4n) is 4.32. The molecule has 1 unspecified atom stereocenters. The number of thiocarbonyl (C=S) groups is 2. The Kier molecular flexibility index (Phi) is 11.9. The van der Waals surface area contributed by atoms with Crippen LogP contribution in [0, 0.1) is 0 Å². The zero-order chi connectivity index (χ0) is 28.3. The molecule has 2 aliphatic rings. The summed E-state index contributed by atoms with van der Waals surface area (Å²) in [5.41, 5.74) is 7.11. The van der Waals surface area contributed by atoms with Gasteiger partial charge in [0, 0.05) is 48.5 Å². The summed E-state index contributed by atoms with van der Waals surface area (Å²) in [5.74, 6) is 0.969. The Balaban J connectivity index is 1.12. The third kappa shape index (κ3) is 9.08. The summed E-state index contributed by atoms with van der Waals surface area (Å²) in [6, 6.07) is 7.08. The number of hydrogen-bond acceptors (Lipinski definition) is 10. The van der Waals surface area contributed by atoms with E-state index in [1.807, 2.05) is 10.0 Å². The molecule has 2 aliphatic heterocycles. The van der Waals surface area contributed by atoms with Crippen LogP contribution in [0.15, 0.2) is 49.1 Å². The summed E-state index contributed by atoms with van der Waals surface area (Å²) in [6.07, 6.45) is 11.8. The number of aromatic nitrogens is 2. The Hall–Kier alpha value is -2.36. The van der Waals surface area contributed by atoms with Gasteiger partial charge < -0.3 is 9.80 Å². The van der Waals surface area contributed by atoms with E-state index in [4.69, 9.17) is 24.4 Å². The van der Waals surface area contributed by atoms with E-state index in [9.17, 15) is 9.59 Å². The standard InChI is InChI=1S/C26H34N8O2S4/c1-20(34-17-33(19-40-26(34)38)30-24(36)22-9-13-28-14-10-22)6-4-2-3-5-15-31-16-32(18-39-25(31)37)29-23(35)21-7-11-27-12-8-21/h7-14,20H,2-6,15-19H2,1H3,(H,29,35)(H,30,36). The molecule has 2 N–H and O–H groups in total. The molecule has 0 aromatic carbocycles. The Morgan fingerprint density at radius 1 is 0.825 bits per heavy atom. The maximum Gasteiger partial charge on any atom is 0.265 e. The van der Waals surface area contributed by atoms with Crippen LogP contribution in [0.5, 0.6) is 0 Å². The first-order valence-corrected chi connectivity index (χ1v) is 16.0. The van der Waals surface area contributed by atoms with Crippen molar-refractivity contribution < 1.29 is 9.59 Å². The smallest absolute Gasteiger partial charge is 0.265 e. The molecule has 4 heterocycles. The van der Waals surface area contributed by atoms with Gasteiger partial charge in [-0.2, -0.15) is 10.0 Å². The Morgan fingerprint density at radius 2 is 1.35 bits per heavy atom. The molecule has 0 spiro atoms. The lowest BCUT2D eigenvalue weighted by molar-refractivity contribution is 0.0715. The van der Waals surface area contributed by atoms with Gasteiger partial charge in [-0.25, -0.2) is 0 Å². The zero-order valence-electron chi connectivity index (χ0n) is 22.4. The highest BCUT2D eigenvalue weighted by Crippen LogP contribution is 2.23. The van der Waals surface area contributed by atoms with Crippen LogP contribution in [-0.2, 0) is 0 Å². The lowest BCUT2D eigenvalue weighted by Crippen LogP contribution is -2.54. The predicted molar refractivity (Wildman–Crippen MR) is 168 cm³/mol. The van der Waals surface area contributed by atoms with Crippen molar-refractivity contribution in [2.75, 3.05) is 31.6 Å². The van der Waals surface area contributed by atoms with Crippen molar-refractivity contribution in [3.63, 3.8) is 0 Å². The molecule has 2 saturated heterocycles. The number of carbonyl (C=O) groups excluding carboxylic acids is 2. The maximum absolute atomic E-state index is 12.5. The Bertz CT molecular complexity index is 1160. The molecular formula is C26H34N8O2S4. The molecule has 40 heavy (non-hydrogen) atoms. The van der Waals surface area contributed by atoms with E-state index in [0.717, 1.165) is 47.3 Å². The minimum atomic E-state index is -0.144. The number of amides is 2. The van der Waals surface area contributed by atoms with Crippen LogP contribution in [0.2, 0.25) is 0 Å².